The molecule has 2 heterocycles. The number of rotatable bonds is 9. The van der Waals surface area contributed by atoms with Crippen molar-refractivity contribution < 1.29 is 27.0 Å². The maximum Gasteiger partial charge on any atom is 0.261 e. The molecular formula is C24H28FN3O6S. The molecule has 1 atom stereocenters. The van der Waals surface area contributed by atoms with Gasteiger partial charge in [-0.25, -0.2) is 13.6 Å². The lowest BCUT2D eigenvalue weighted by molar-refractivity contribution is 0.0685. The van der Waals surface area contributed by atoms with E-state index in [9.17, 15) is 9.00 Å². The summed E-state index contributed by atoms with van der Waals surface area (Å²) in [4.78, 5) is 19.5. The zero-order valence-electron chi connectivity index (χ0n) is 19.9. The molecule has 0 spiro atoms. The molecule has 3 aromatic rings. The van der Waals surface area contributed by atoms with Gasteiger partial charge in [0, 0.05) is 49.9 Å². The summed E-state index contributed by atoms with van der Waals surface area (Å²) in [5.74, 6) is -0.196. The first-order valence-electron chi connectivity index (χ1n) is 11.2. The Labute approximate surface area is 205 Å². The van der Waals surface area contributed by atoms with Gasteiger partial charge < -0.3 is 19.1 Å². The van der Waals surface area contributed by atoms with Gasteiger partial charge in [0.1, 0.15) is 5.75 Å². The summed E-state index contributed by atoms with van der Waals surface area (Å²) in [5.41, 5.74) is 1.08. The zero-order valence-corrected chi connectivity index (χ0v) is 20.7. The van der Waals surface area contributed by atoms with Gasteiger partial charge in [0.2, 0.25) is 0 Å². The van der Waals surface area contributed by atoms with Crippen LogP contribution in [-0.2, 0) is 20.0 Å². The molecule has 1 aliphatic heterocycles. The second-order valence-electron chi connectivity index (χ2n) is 8.04. The van der Waals surface area contributed by atoms with E-state index in [4.69, 9.17) is 18.4 Å². The lowest BCUT2D eigenvalue weighted by Crippen LogP contribution is -2.29. The molecule has 188 valence electrons. The van der Waals surface area contributed by atoms with Crippen LogP contribution in [0.5, 0.6) is 11.5 Å². The van der Waals surface area contributed by atoms with Gasteiger partial charge in [-0.15, -0.1) is 0 Å². The van der Waals surface area contributed by atoms with Crippen LogP contribution >= 0.6 is 0 Å². The van der Waals surface area contributed by atoms with Crippen LogP contribution in [0.2, 0.25) is 0 Å². The van der Waals surface area contributed by atoms with Crippen molar-refractivity contribution >= 4 is 33.4 Å². The van der Waals surface area contributed by atoms with Crippen molar-refractivity contribution in [3.05, 3.63) is 52.8 Å². The topological polar surface area (TPSA) is 92.1 Å². The predicted octanol–water partition coefficient (Wildman–Crippen LogP) is 3.35. The minimum Gasteiger partial charge on any atom is -0.497 e. The Morgan fingerprint density at radius 2 is 1.97 bits per heavy atom. The minimum absolute atomic E-state index is 0.00802. The molecule has 35 heavy (non-hydrogen) atoms. The van der Waals surface area contributed by atoms with E-state index < -0.39 is 16.9 Å². The molecule has 0 N–H and O–H groups in total. The fourth-order valence-corrected chi connectivity index (χ4v) is 4.48. The summed E-state index contributed by atoms with van der Waals surface area (Å²) >= 11 is -1.49. The van der Waals surface area contributed by atoms with Crippen LogP contribution in [0.15, 0.2) is 41.5 Å². The van der Waals surface area contributed by atoms with E-state index in [2.05, 4.69) is 4.98 Å². The molecule has 9 nitrogen and oxygen atoms in total. The Bertz CT molecular complexity index is 1280. The molecule has 2 aromatic carbocycles. The van der Waals surface area contributed by atoms with Gasteiger partial charge in [0.05, 0.1) is 43.7 Å². The monoisotopic (exact) mass is 505 g/mol. The van der Waals surface area contributed by atoms with E-state index in [-0.39, 0.29) is 36.2 Å². The number of benzene rings is 2. The number of anilines is 2. The van der Waals surface area contributed by atoms with Crippen LogP contribution < -0.4 is 19.9 Å². The highest BCUT2D eigenvalue weighted by molar-refractivity contribution is 7.79. The number of nitrogens with zero attached hydrogens (tertiary/aromatic N) is 3. The third-order valence-corrected chi connectivity index (χ3v) is 6.46. The van der Waals surface area contributed by atoms with Crippen LogP contribution in [0.25, 0.3) is 10.9 Å². The molecule has 11 heteroatoms. The average Bonchev–Trinajstić information content (AvgIpc) is 2.87. The second-order valence-corrected chi connectivity index (χ2v) is 9.08. The molecule has 0 bridgehead atoms. The van der Waals surface area contributed by atoms with E-state index in [1.807, 2.05) is 0 Å². The largest absolute Gasteiger partial charge is 0.497 e. The van der Waals surface area contributed by atoms with Crippen LogP contribution in [0.4, 0.5) is 15.8 Å². The first-order chi connectivity index (χ1) is 16.9. The van der Waals surface area contributed by atoms with Crippen LogP contribution in [0.3, 0.4) is 0 Å². The molecule has 0 saturated carbocycles. The molecule has 1 aromatic heterocycles. The van der Waals surface area contributed by atoms with Gasteiger partial charge in [-0.2, -0.15) is 0 Å². The highest BCUT2D eigenvalue weighted by atomic mass is 32.2. The second kappa shape index (κ2) is 11.1. The third kappa shape index (κ3) is 5.47. The Morgan fingerprint density at radius 3 is 2.66 bits per heavy atom. The molecular weight excluding hydrogens is 477 g/mol. The average molecular weight is 506 g/mol. The zero-order chi connectivity index (χ0) is 24.9. The first kappa shape index (κ1) is 25.1. The molecule has 0 amide bonds. The summed E-state index contributed by atoms with van der Waals surface area (Å²) < 4.78 is 49.7. The smallest absolute Gasteiger partial charge is 0.261 e. The van der Waals surface area contributed by atoms with Gasteiger partial charge in [-0.3, -0.25) is 13.5 Å². The van der Waals surface area contributed by atoms with E-state index in [0.717, 1.165) is 12.8 Å². The number of methoxy groups -OCH3 is 2. The van der Waals surface area contributed by atoms with Crippen molar-refractivity contribution in [2.75, 3.05) is 51.7 Å². The normalized spacial score (nSPS) is 15.2. The fourth-order valence-electron chi connectivity index (χ4n) is 4.17. The third-order valence-electron chi connectivity index (χ3n) is 5.97. The maximum atomic E-state index is 15.4. The standard InChI is InChI=1S/C24H28FN3O6S/c1-31-18-13-21(23(25)22(14-18)32-2)27(8-11-34-35(3)30)17-4-5-20-19(12-17)24(29)28(15-26-20)16-6-9-33-10-7-16/h4-5,12-16H,6-11H2,1-3H3. The summed E-state index contributed by atoms with van der Waals surface area (Å²) in [6.07, 6.45) is 4.47. The van der Waals surface area contributed by atoms with Crippen molar-refractivity contribution in [1.29, 1.82) is 0 Å². The van der Waals surface area contributed by atoms with Gasteiger partial charge in [-0.1, -0.05) is 0 Å². The summed E-state index contributed by atoms with van der Waals surface area (Å²) in [6, 6.07) is 8.17. The van der Waals surface area contributed by atoms with Gasteiger partial charge in [0.15, 0.2) is 22.6 Å². The van der Waals surface area contributed by atoms with E-state index in [1.54, 1.807) is 34.0 Å². The van der Waals surface area contributed by atoms with Gasteiger partial charge in [0.25, 0.3) is 5.56 Å². The molecule has 1 aliphatic rings. The van der Waals surface area contributed by atoms with Crippen LogP contribution in [0, 0.1) is 5.82 Å². The summed E-state index contributed by atoms with van der Waals surface area (Å²) in [7, 11) is 2.85. The highest BCUT2D eigenvalue weighted by Gasteiger charge is 2.22. The molecule has 4 rings (SSSR count). The molecule has 1 fully saturated rings. The van der Waals surface area contributed by atoms with Crippen LogP contribution in [-0.4, -0.2) is 60.6 Å². The van der Waals surface area contributed by atoms with Crippen LogP contribution in [0.1, 0.15) is 18.9 Å². The summed E-state index contributed by atoms with van der Waals surface area (Å²) in [5, 5.41) is 0.414. The Balaban J connectivity index is 1.81. The number of hydrogen-bond acceptors (Lipinski definition) is 8. The Hall–Kier alpha value is -3.02. The van der Waals surface area contributed by atoms with Gasteiger partial charge >= 0.3 is 0 Å². The number of hydrogen-bond donors (Lipinski definition) is 0. The quantitative estimate of drug-likeness (QED) is 0.437. The van der Waals surface area contributed by atoms with Crippen molar-refractivity contribution in [3.63, 3.8) is 0 Å². The van der Waals surface area contributed by atoms with Gasteiger partial charge in [-0.05, 0) is 31.0 Å². The fraction of sp³-hybridized carbons (Fsp3) is 0.417. The maximum absolute atomic E-state index is 15.4. The molecule has 1 saturated heterocycles. The number of ether oxygens (including phenoxy) is 3. The van der Waals surface area contributed by atoms with E-state index in [1.165, 1.54) is 32.6 Å². The van der Waals surface area contributed by atoms with Crippen molar-refractivity contribution in [1.82, 2.24) is 9.55 Å². The molecule has 1 unspecified atom stereocenters. The van der Waals surface area contributed by atoms with E-state index in [0.29, 0.717) is 35.6 Å². The molecule has 0 radical (unpaired) electrons. The first-order valence-corrected chi connectivity index (χ1v) is 12.7. The summed E-state index contributed by atoms with van der Waals surface area (Å²) in [6.45, 7) is 1.41. The minimum atomic E-state index is -1.49. The predicted molar refractivity (Wildman–Crippen MR) is 132 cm³/mol. The number of halogens is 1. The SMILES string of the molecule is COc1cc(OC)c(F)c(N(CCOS(C)=O)c2ccc3ncn(C4CCOCC4)c(=O)c3c2)c1. The van der Waals surface area contributed by atoms with Crippen molar-refractivity contribution in [2.24, 2.45) is 0 Å². The van der Waals surface area contributed by atoms with Crippen molar-refractivity contribution in [3.8, 4) is 11.5 Å². The highest BCUT2D eigenvalue weighted by Crippen LogP contribution is 2.37. The van der Waals surface area contributed by atoms with E-state index >= 15 is 4.39 Å². The lowest BCUT2D eigenvalue weighted by Gasteiger charge is -2.27. The number of fused-ring (bicyclic) bond motifs is 1. The lowest BCUT2D eigenvalue weighted by atomic mass is 10.1. The number of aromatic nitrogens is 2. The Kier molecular flexibility index (Phi) is 7.99. The Morgan fingerprint density at radius 1 is 1.20 bits per heavy atom. The molecule has 0 aliphatic carbocycles. The van der Waals surface area contributed by atoms with Crippen molar-refractivity contribution in [2.45, 2.75) is 18.9 Å².